The topological polar surface area (TPSA) is 37.4 Å². The molecule has 0 N–H and O–H groups in total. The van der Waals surface area contributed by atoms with E-state index in [1.165, 1.54) is 5.56 Å². The zero-order valence-electron chi connectivity index (χ0n) is 16.1. The van der Waals surface area contributed by atoms with Crippen LogP contribution in [0.4, 0.5) is 0 Å². The monoisotopic (exact) mass is 405 g/mol. The second-order valence-electron chi connectivity index (χ2n) is 7.28. The van der Waals surface area contributed by atoms with Crippen molar-refractivity contribution in [2.45, 2.75) is 61.8 Å². The molecule has 0 aromatic heterocycles. The highest BCUT2D eigenvalue weighted by molar-refractivity contribution is 7.91. The Morgan fingerprint density at radius 2 is 1.70 bits per heavy atom. The van der Waals surface area contributed by atoms with Crippen molar-refractivity contribution >= 4 is 21.4 Å². The van der Waals surface area contributed by atoms with Crippen molar-refractivity contribution in [3.8, 4) is 0 Å². The molecule has 0 saturated heterocycles. The molecule has 0 spiro atoms. The van der Waals surface area contributed by atoms with Crippen LogP contribution in [0.5, 0.6) is 0 Å². The van der Waals surface area contributed by atoms with Gasteiger partial charge in [-0.25, -0.2) is 8.42 Å². The highest BCUT2D eigenvalue weighted by Crippen LogP contribution is 2.33. The normalized spacial score (nSPS) is 17.1. The van der Waals surface area contributed by atoms with Crippen LogP contribution >= 0.6 is 11.6 Å². The quantitative estimate of drug-likeness (QED) is 0.639. The van der Waals surface area contributed by atoms with Gasteiger partial charge < -0.3 is 4.90 Å². The number of sulfone groups is 1. The van der Waals surface area contributed by atoms with E-state index in [4.69, 9.17) is 11.6 Å². The van der Waals surface area contributed by atoms with Crippen molar-refractivity contribution < 1.29 is 8.42 Å². The van der Waals surface area contributed by atoms with E-state index in [1.807, 2.05) is 6.07 Å². The number of halogens is 1. The van der Waals surface area contributed by atoms with Gasteiger partial charge in [0.1, 0.15) is 0 Å². The fourth-order valence-electron chi connectivity index (χ4n) is 4.09. The minimum absolute atomic E-state index is 0.307. The highest BCUT2D eigenvalue weighted by atomic mass is 35.5. The number of hydrogen-bond donors (Lipinski definition) is 0. The minimum atomic E-state index is -3.55. The van der Waals surface area contributed by atoms with Gasteiger partial charge in [-0.1, -0.05) is 37.6 Å². The third-order valence-corrected chi connectivity index (χ3v) is 7.47. The minimum Gasteiger partial charge on any atom is -0.300 e. The first kappa shape index (κ1) is 20.4. The smallest absolute Gasteiger partial charge is 0.206 e. The van der Waals surface area contributed by atoms with Gasteiger partial charge in [0.2, 0.25) is 9.84 Å². The summed E-state index contributed by atoms with van der Waals surface area (Å²) in [7, 11) is -3.55. The lowest BCUT2D eigenvalue weighted by atomic mass is 9.87. The SMILES string of the molecule is CCCN(CCC)C1CCc2cccc(S(=O)(=O)c3ccc(Cl)cc3)c2C1. The lowest BCUT2D eigenvalue weighted by Crippen LogP contribution is -2.40. The Bertz CT molecular complexity index is 872. The summed E-state index contributed by atoms with van der Waals surface area (Å²) in [6.07, 6.45) is 5.08. The average Bonchev–Trinajstić information content (AvgIpc) is 2.67. The molecule has 146 valence electrons. The van der Waals surface area contributed by atoms with Gasteiger partial charge in [0.15, 0.2) is 0 Å². The predicted molar refractivity (Wildman–Crippen MR) is 111 cm³/mol. The molecule has 5 heteroatoms. The third kappa shape index (κ3) is 4.39. The molecule has 1 atom stereocenters. The van der Waals surface area contributed by atoms with Crippen LogP contribution in [0, 0.1) is 0 Å². The molecule has 0 heterocycles. The number of aryl methyl sites for hydroxylation is 1. The zero-order chi connectivity index (χ0) is 19.4. The summed E-state index contributed by atoms with van der Waals surface area (Å²) in [4.78, 5) is 3.30. The van der Waals surface area contributed by atoms with E-state index >= 15 is 0 Å². The Labute approximate surface area is 168 Å². The maximum atomic E-state index is 13.3. The van der Waals surface area contributed by atoms with Gasteiger partial charge in [-0.05, 0) is 86.7 Å². The molecule has 1 aliphatic rings. The van der Waals surface area contributed by atoms with Crippen molar-refractivity contribution in [3.63, 3.8) is 0 Å². The second-order valence-corrected chi connectivity index (χ2v) is 9.64. The second kappa shape index (κ2) is 8.76. The molecule has 2 aromatic rings. The van der Waals surface area contributed by atoms with Gasteiger partial charge in [-0.3, -0.25) is 0 Å². The first-order valence-corrected chi connectivity index (χ1v) is 11.7. The van der Waals surface area contributed by atoms with E-state index in [1.54, 1.807) is 30.3 Å². The Morgan fingerprint density at radius 1 is 1.04 bits per heavy atom. The summed E-state index contributed by atoms with van der Waals surface area (Å²) in [6.45, 7) is 6.55. The van der Waals surface area contributed by atoms with Crippen LogP contribution in [0.1, 0.15) is 44.2 Å². The maximum Gasteiger partial charge on any atom is 0.206 e. The number of rotatable bonds is 7. The van der Waals surface area contributed by atoms with E-state index in [-0.39, 0.29) is 0 Å². The molecule has 3 rings (SSSR count). The summed E-state index contributed by atoms with van der Waals surface area (Å²) in [6, 6.07) is 12.6. The van der Waals surface area contributed by atoms with Gasteiger partial charge >= 0.3 is 0 Å². The zero-order valence-corrected chi connectivity index (χ0v) is 17.7. The van der Waals surface area contributed by atoms with Crippen LogP contribution < -0.4 is 0 Å². The molecule has 1 unspecified atom stereocenters. The van der Waals surface area contributed by atoms with E-state index in [0.29, 0.717) is 20.9 Å². The van der Waals surface area contributed by atoms with Crippen molar-refractivity contribution in [1.29, 1.82) is 0 Å². The lowest BCUT2D eigenvalue weighted by molar-refractivity contribution is 0.179. The largest absolute Gasteiger partial charge is 0.300 e. The molecule has 2 aromatic carbocycles. The van der Waals surface area contributed by atoms with Gasteiger partial charge in [-0.15, -0.1) is 0 Å². The standard InChI is InChI=1S/C22H28ClNO2S/c1-3-14-24(15-4-2)19-11-8-17-6-5-7-22(21(17)16-19)27(25,26)20-12-9-18(23)10-13-20/h5-7,9-10,12-13,19H,3-4,8,11,14-16H2,1-2H3. The Kier molecular flexibility index (Phi) is 6.61. The lowest BCUT2D eigenvalue weighted by Gasteiger charge is -2.35. The van der Waals surface area contributed by atoms with E-state index in [9.17, 15) is 8.42 Å². The summed E-state index contributed by atoms with van der Waals surface area (Å²) >= 11 is 5.94. The molecule has 0 fully saturated rings. The number of nitrogens with zero attached hydrogens (tertiary/aromatic N) is 1. The van der Waals surface area contributed by atoms with Gasteiger partial charge in [-0.2, -0.15) is 0 Å². The number of fused-ring (bicyclic) bond motifs is 1. The number of benzene rings is 2. The summed E-state index contributed by atoms with van der Waals surface area (Å²) in [5, 5.41) is 0.541. The summed E-state index contributed by atoms with van der Waals surface area (Å²) < 4.78 is 26.6. The highest BCUT2D eigenvalue weighted by Gasteiger charge is 2.29. The molecular formula is C22H28ClNO2S. The molecule has 27 heavy (non-hydrogen) atoms. The van der Waals surface area contributed by atoms with Gasteiger partial charge in [0, 0.05) is 11.1 Å². The fraction of sp³-hybridized carbons (Fsp3) is 0.455. The molecule has 1 aliphatic carbocycles. The van der Waals surface area contributed by atoms with Crippen molar-refractivity contribution in [2.75, 3.05) is 13.1 Å². The number of hydrogen-bond acceptors (Lipinski definition) is 3. The molecule has 3 nitrogen and oxygen atoms in total. The summed E-state index contributed by atoms with van der Waals surface area (Å²) in [5.41, 5.74) is 2.18. The van der Waals surface area contributed by atoms with Crippen molar-refractivity contribution in [2.24, 2.45) is 0 Å². The Hall–Kier alpha value is -1.36. The van der Waals surface area contributed by atoms with Gasteiger partial charge in [0.05, 0.1) is 9.79 Å². The van der Waals surface area contributed by atoms with Crippen molar-refractivity contribution in [1.82, 2.24) is 4.90 Å². The van der Waals surface area contributed by atoms with Crippen LogP contribution in [0.3, 0.4) is 0 Å². The molecule has 0 bridgehead atoms. The predicted octanol–water partition coefficient (Wildman–Crippen LogP) is 5.15. The summed E-state index contributed by atoms with van der Waals surface area (Å²) in [5.74, 6) is 0. The van der Waals surface area contributed by atoms with E-state index < -0.39 is 9.84 Å². The first-order chi connectivity index (χ1) is 13.0. The molecule has 0 saturated carbocycles. The van der Waals surface area contributed by atoms with E-state index in [0.717, 1.165) is 50.8 Å². The van der Waals surface area contributed by atoms with Crippen LogP contribution in [-0.4, -0.2) is 32.4 Å². The molecule has 0 radical (unpaired) electrons. The van der Waals surface area contributed by atoms with Gasteiger partial charge in [0.25, 0.3) is 0 Å². The van der Waals surface area contributed by atoms with Crippen LogP contribution in [0.25, 0.3) is 0 Å². The van der Waals surface area contributed by atoms with Crippen molar-refractivity contribution in [3.05, 3.63) is 58.6 Å². The average molecular weight is 406 g/mol. The molecule has 0 amide bonds. The van der Waals surface area contributed by atoms with E-state index in [2.05, 4.69) is 24.8 Å². The Morgan fingerprint density at radius 3 is 2.33 bits per heavy atom. The molecular weight excluding hydrogens is 378 g/mol. The van der Waals surface area contributed by atoms with Crippen LogP contribution in [0.2, 0.25) is 5.02 Å². The van der Waals surface area contributed by atoms with Crippen LogP contribution in [0.15, 0.2) is 52.3 Å². The van der Waals surface area contributed by atoms with Crippen LogP contribution in [-0.2, 0) is 22.7 Å². The maximum absolute atomic E-state index is 13.3. The fourth-order valence-corrected chi connectivity index (χ4v) is 5.76. The first-order valence-electron chi connectivity index (χ1n) is 9.82. The Balaban J connectivity index is 1.98. The molecule has 0 aliphatic heterocycles. The third-order valence-electron chi connectivity index (χ3n) is 5.37.